The van der Waals surface area contributed by atoms with E-state index in [4.69, 9.17) is 45.7 Å². The molecule has 2 fully saturated rings. The Balaban J connectivity index is 0.000000661. The van der Waals surface area contributed by atoms with E-state index in [1.807, 2.05) is 27.7 Å². The van der Waals surface area contributed by atoms with E-state index >= 15 is 0 Å². The summed E-state index contributed by atoms with van der Waals surface area (Å²) in [7, 11) is -18.3. The average Bonchev–Trinajstić information content (AvgIpc) is 3.81. The fourth-order valence-electron chi connectivity index (χ4n) is 5.96. The molecule has 6 unspecified atom stereocenters. The van der Waals surface area contributed by atoms with E-state index in [0.717, 1.165) is 22.0 Å². The second kappa shape index (κ2) is 31.5. The van der Waals surface area contributed by atoms with E-state index < -0.39 is 104 Å². The number of hydrogen-bond acceptors (Lipinski definition) is 20. The van der Waals surface area contributed by atoms with Crippen molar-refractivity contribution in [3.8, 4) is 0 Å². The summed E-state index contributed by atoms with van der Waals surface area (Å²) in [6.45, 7) is 9.25. The number of nitrogens with one attached hydrogen (secondary N) is 2. The number of phosphoric acid groups is 4. The maximum Gasteiger partial charge on any atom is 1.00 e. The predicted molar refractivity (Wildman–Crippen MR) is 229 cm³/mol. The first-order valence-electron chi connectivity index (χ1n) is 21.4. The Morgan fingerprint density at radius 1 is 0.588 bits per heavy atom. The van der Waals surface area contributed by atoms with Gasteiger partial charge in [-0.15, -0.1) is 0 Å². The van der Waals surface area contributed by atoms with Crippen LogP contribution in [-0.2, 0) is 63.9 Å². The van der Waals surface area contributed by atoms with Crippen molar-refractivity contribution in [2.24, 2.45) is 0 Å². The number of unbranched alkanes of at least 4 members (excludes halogenated alkanes) is 4. The second-order valence-corrected chi connectivity index (χ2v) is 20.8. The largest absolute Gasteiger partial charge is 1.00 e. The smallest absolute Gasteiger partial charge is 0.756 e. The number of aromatic amines is 2. The van der Waals surface area contributed by atoms with Gasteiger partial charge in [0, 0.05) is 36.4 Å². The first kappa shape index (κ1) is 65.7. The molecule has 0 amide bonds. The molecule has 2 saturated heterocycles. The number of aryl methyl sites for hydroxylation is 2. The summed E-state index contributed by atoms with van der Waals surface area (Å²) in [6.07, 6.45) is 0.557. The van der Waals surface area contributed by atoms with E-state index in [2.05, 4.69) is 9.97 Å². The predicted octanol–water partition coefficient (Wildman–Crippen LogP) is -2.52. The van der Waals surface area contributed by atoms with Crippen LogP contribution in [0.1, 0.15) is 115 Å². The molecule has 0 aliphatic carbocycles. The van der Waals surface area contributed by atoms with Gasteiger partial charge in [-0.05, 0) is 39.5 Å². The van der Waals surface area contributed by atoms with Gasteiger partial charge in [0.15, 0.2) is 0 Å². The number of rotatable bonds is 28. The van der Waals surface area contributed by atoms with Crippen LogP contribution in [0.5, 0.6) is 0 Å². The van der Waals surface area contributed by atoms with Gasteiger partial charge in [-0.3, -0.25) is 55.9 Å². The first-order valence-corrected chi connectivity index (χ1v) is 27.3. The molecule has 380 valence electrons. The van der Waals surface area contributed by atoms with Crippen molar-refractivity contribution in [2.45, 2.75) is 143 Å². The van der Waals surface area contributed by atoms with Crippen LogP contribution < -0.4 is 91.4 Å². The van der Waals surface area contributed by atoms with Gasteiger partial charge in [0.05, 0.1) is 51.8 Å². The van der Waals surface area contributed by atoms with Crippen LogP contribution in [0, 0.1) is 13.8 Å². The number of H-pyrrole nitrogens is 2. The summed E-state index contributed by atoms with van der Waals surface area (Å²) >= 11 is 0. The summed E-state index contributed by atoms with van der Waals surface area (Å²) < 4.78 is 102. The summed E-state index contributed by atoms with van der Waals surface area (Å²) in [5.41, 5.74) is -2.21. The molecule has 0 saturated carbocycles. The summed E-state index contributed by atoms with van der Waals surface area (Å²) in [4.78, 5) is 96.2. The molecule has 4 N–H and O–H groups in total. The number of aromatic nitrogens is 4. The van der Waals surface area contributed by atoms with Crippen LogP contribution in [0.25, 0.3) is 0 Å². The Labute approximate surface area is 437 Å². The summed E-state index contributed by atoms with van der Waals surface area (Å²) in [5.74, 6) is 0. The van der Waals surface area contributed by atoms with E-state index in [9.17, 15) is 57.0 Å². The van der Waals surface area contributed by atoms with Crippen molar-refractivity contribution in [3.63, 3.8) is 0 Å². The Kier molecular flexibility index (Phi) is 30.4. The van der Waals surface area contributed by atoms with Crippen LogP contribution in [0.15, 0.2) is 31.6 Å². The van der Waals surface area contributed by atoms with Gasteiger partial charge in [-0.25, -0.2) is 18.7 Å². The topological polar surface area (TPSA) is 357 Å². The van der Waals surface area contributed by atoms with Crippen LogP contribution in [0.3, 0.4) is 0 Å². The summed E-state index contributed by atoms with van der Waals surface area (Å²) in [5, 5.41) is 0. The molecule has 68 heavy (non-hydrogen) atoms. The maximum absolute atomic E-state index is 12.2. The number of hydrogen-bond donors (Lipinski definition) is 4. The second-order valence-electron chi connectivity index (χ2n) is 15.1. The monoisotopic (exact) mass is 1070 g/mol. The number of ether oxygens (including phenoxy) is 2. The maximum atomic E-state index is 12.2. The van der Waals surface area contributed by atoms with E-state index in [1.54, 1.807) is 0 Å². The third kappa shape index (κ3) is 22.9. The molecule has 0 radical (unpaired) electrons. The zero-order chi connectivity index (χ0) is 49.3. The third-order valence-electron chi connectivity index (χ3n) is 9.61. The Morgan fingerprint density at radius 2 is 0.897 bits per heavy atom. The molecule has 2 aromatic rings. The van der Waals surface area contributed by atoms with Crippen molar-refractivity contribution in [1.82, 2.24) is 19.1 Å². The molecule has 32 heteroatoms. The molecular weight excluding hydrogens is 1010 g/mol. The molecule has 2 aliphatic heterocycles. The van der Waals surface area contributed by atoms with Crippen LogP contribution in [0.4, 0.5) is 0 Å². The number of phosphoric ester groups is 4. The summed E-state index contributed by atoms with van der Waals surface area (Å²) in [6, 6.07) is 0. The van der Waals surface area contributed by atoms with Crippen molar-refractivity contribution < 1.29 is 143 Å². The van der Waals surface area contributed by atoms with Gasteiger partial charge < -0.3 is 47.1 Å². The molecule has 0 aromatic carbocycles. The molecule has 2 aliphatic rings. The van der Waals surface area contributed by atoms with Crippen molar-refractivity contribution in [2.75, 3.05) is 39.6 Å². The molecule has 4 rings (SSSR count). The molecule has 0 spiro atoms. The normalized spacial score (nSPS) is 23.7. The Morgan fingerprint density at radius 3 is 1.21 bits per heavy atom. The fourth-order valence-corrected chi connectivity index (χ4v) is 9.43. The zero-order valence-corrected chi connectivity index (χ0v) is 47.3. The zero-order valence-electron chi connectivity index (χ0n) is 39.7. The fraction of sp³-hybridized carbons (Fsp3) is 0.778. The van der Waals surface area contributed by atoms with Crippen LogP contribution >= 0.6 is 31.3 Å². The molecule has 2 aromatic heterocycles. The van der Waals surface area contributed by atoms with Crippen molar-refractivity contribution in [3.05, 3.63) is 65.2 Å². The first-order chi connectivity index (χ1) is 31.0. The van der Waals surface area contributed by atoms with E-state index in [1.165, 1.54) is 26.2 Å². The van der Waals surface area contributed by atoms with Gasteiger partial charge in [0.2, 0.25) is 0 Å². The Bertz CT molecular complexity index is 2130. The molecule has 26 nitrogen and oxygen atoms in total. The number of nitrogens with zero attached hydrogens (tertiary/aromatic N) is 2. The quantitative estimate of drug-likeness (QED) is 0.0388. The van der Waals surface area contributed by atoms with Crippen molar-refractivity contribution >= 4 is 31.3 Å². The van der Waals surface area contributed by atoms with Gasteiger partial charge in [0.1, 0.15) is 24.7 Å². The van der Waals surface area contributed by atoms with Gasteiger partial charge in [0.25, 0.3) is 26.8 Å². The minimum absolute atomic E-state index is 0. The molecule has 10 atom stereocenters. The average molecular weight is 1070 g/mol. The third-order valence-corrected chi connectivity index (χ3v) is 13.6. The minimum atomic E-state index is -4.74. The van der Waals surface area contributed by atoms with Gasteiger partial charge in [-0.2, -0.15) is 0 Å². The van der Waals surface area contributed by atoms with Gasteiger partial charge in [-0.1, -0.05) is 53.4 Å². The molecule has 4 heterocycles. The van der Waals surface area contributed by atoms with Crippen LogP contribution in [0.2, 0.25) is 0 Å². The molecule has 0 bridgehead atoms. The standard InChI is InChI=1S/2C18H32N2O11P2.2Na/c2*1-4-6-8-27-32(23,24)29-12-15-14(31-33(25,26)28-9-7-5-2)10-16(30-15)20-11-13(3)17(21)19-18(20)22;;/h2*11,14-16H,4-10,12H2,1-3H3,(H,23,24)(H,25,26)(H,19,21,22);;/q;;2*+1/p-2/t2*14-,15+,16?;;/m00../s1. The SMILES string of the molecule is CCCCOP(=O)([O-])O[C@H]1CC(n2cc(C)c(=O)[nH]c2=O)O[C@@H]1COP(=O)(O)OCCCC.CCCCOP(=O)([O-])O[C@H]1CC(n2cc(C)c(=O)[nH]c2=O)O[C@@H]1COP(=O)(O)OCCCC.[Na+].[Na+]. The molecular formula is C36H62N4Na2O22P4. The van der Waals surface area contributed by atoms with Crippen molar-refractivity contribution in [1.29, 1.82) is 0 Å². The Hall–Kier alpha value is -0.280. The van der Waals surface area contributed by atoms with Gasteiger partial charge >= 0.3 is 86.1 Å². The van der Waals surface area contributed by atoms with E-state index in [-0.39, 0.29) is 110 Å². The van der Waals surface area contributed by atoms with E-state index in [0.29, 0.717) is 38.5 Å². The minimum Gasteiger partial charge on any atom is -0.756 e. The van der Waals surface area contributed by atoms with Crippen LogP contribution in [-0.4, -0.2) is 92.9 Å².